The fourth-order valence-electron chi connectivity index (χ4n) is 12.2. The lowest BCUT2D eigenvalue weighted by Gasteiger charge is -2.27. The van der Waals surface area contributed by atoms with E-state index in [0.29, 0.717) is 67.3 Å². The van der Waals surface area contributed by atoms with Crippen molar-refractivity contribution in [2.45, 2.75) is 136 Å². The SMILES string of the molecule is CCc1cc(C)c(C)c(CC)c1Nc1ccc(Nc2c(CC)cc(C)c(C)c2CC)c2c1C(=O)c1ccccc1C2=O.Cc1cc(C)c(Nc2ccc(Nc3c(C)cc(C)c(C)c3C)c3c2C(=O)c2ccccc2C3=O)c(C)c1C. The molecule has 0 atom stereocenters. The predicted molar refractivity (Wildman–Crippen MR) is 333 cm³/mol. The molecule has 8 aromatic carbocycles. The summed E-state index contributed by atoms with van der Waals surface area (Å²) >= 11 is 0. The maximum atomic E-state index is 14.2. The average molecular weight is 1060 g/mol. The standard InChI is InChI=1S/C38H42N2O2.C34H34N2O2/c1-9-25-19-21(5)23(7)27(11-3)35(25)39-31-17-18-32(40-36-26(10-2)20-22(6)24(8)28(36)12-4)34-33(31)37(41)29-15-13-14-16-30(29)38(34)42;1-17-15-19(3)31(23(7)21(17)5)35-27-13-14-28(36-32-20(4)16-18(2)22(6)24(32)8)30-29(27)33(37)25-11-9-10-12-26(25)34(30)38/h13-20,39-40H,9-12H2,1-8H3;9-16,35-36H,1-8H3. The van der Waals surface area contributed by atoms with E-state index in [4.69, 9.17) is 0 Å². The van der Waals surface area contributed by atoms with Crippen molar-refractivity contribution in [1.82, 2.24) is 0 Å². The van der Waals surface area contributed by atoms with E-state index >= 15 is 0 Å². The van der Waals surface area contributed by atoms with Gasteiger partial charge in [-0.1, -0.05) is 100 Å². The minimum Gasteiger partial charge on any atom is -0.354 e. The summed E-state index contributed by atoms with van der Waals surface area (Å²) in [4.78, 5) is 56.4. The van der Waals surface area contributed by atoms with Gasteiger partial charge in [0.25, 0.3) is 0 Å². The van der Waals surface area contributed by atoms with E-state index in [0.717, 1.165) is 70.7 Å². The van der Waals surface area contributed by atoms with Gasteiger partial charge in [0, 0.05) is 45.0 Å². The second kappa shape index (κ2) is 22.4. The third-order valence-corrected chi connectivity index (χ3v) is 17.5. The van der Waals surface area contributed by atoms with Gasteiger partial charge in [-0.3, -0.25) is 19.2 Å². The van der Waals surface area contributed by atoms with Gasteiger partial charge in [0.05, 0.1) is 45.0 Å². The lowest BCUT2D eigenvalue weighted by atomic mass is 9.82. The van der Waals surface area contributed by atoms with Gasteiger partial charge in [-0.25, -0.2) is 0 Å². The van der Waals surface area contributed by atoms with Crippen molar-refractivity contribution >= 4 is 68.6 Å². The van der Waals surface area contributed by atoms with E-state index in [2.05, 4.69) is 156 Å². The van der Waals surface area contributed by atoms with Crippen molar-refractivity contribution in [3.05, 3.63) is 231 Å². The van der Waals surface area contributed by atoms with Crippen molar-refractivity contribution in [3.63, 3.8) is 0 Å². The summed E-state index contributed by atoms with van der Waals surface area (Å²) in [5, 5.41) is 14.4. The summed E-state index contributed by atoms with van der Waals surface area (Å²) in [6.45, 7) is 34.0. The number of carbonyl (C=O) groups excluding carboxylic acids is 4. The molecule has 0 aromatic heterocycles. The molecule has 0 unspecified atom stereocenters. The third kappa shape index (κ3) is 9.73. The maximum absolute atomic E-state index is 14.2. The van der Waals surface area contributed by atoms with Crippen molar-refractivity contribution in [1.29, 1.82) is 0 Å². The molecule has 0 radical (unpaired) electrons. The highest BCUT2D eigenvalue weighted by Crippen LogP contribution is 2.44. The smallest absolute Gasteiger partial charge is 0.196 e. The summed E-state index contributed by atoms with van der Waals surface area (Å²) in [6.07, 6.45) is 3.46. The van der Waals surface area contributed by atoms with Crippen molar-refractivity contribution in [3.8, 4) is 0 Å². The molecule has 8 nitrogen and oxygen atoms in total. The highest BCUT2D eigenvalue weighted by atomic mass is 16.1. The summed E-state index contributed by atoms with van der Waals surface area (Å²) in [5.74, 6) is -0.543. The molecule has 2 aliphatic carbocycles. The fourth-order valence-corrected chi connectivity index (χ4v) is 12.2. The summed E-state index contributed by atoms with van der Waals surface area (Å²) in [5.41, 5.74) is 29.4. The molecule has 408 valence electrons. The predicted octanol–water partition coefficient (Wildman–Crippen LogP) is 17.8. The van der Waals surface area contributed by atoms with Crippen LogP contribution in [0.3, 0.4) is 0 Å². The zero-order valence-corrected chi connectivity index (χ0v) is 49.7. The first-order valence-electron chi connectivity index (χ1n) is 28.3. The van der Waals surface area contributed by atoms with Crippen molar-refractivity contribution in [2.75, 3.05) is 21.3 Å². The Morgan fingerprint density at radius 2 is 0.550 bits per heavy atom. The Hall–Kier alpha value is -8.36. The quantitative estimate of drug-likeness (QED) is 0.0956. The first-order chi connectivity index (χ1) is 38.2. The molecule has 0 spiro atoms. The van der Waals surface area contributed by atoms with Crippen LogP contribution in [0.15, 0.2) is 97.1 Å². The lowest BCUT2D eigenvalue weighted by Crippen LogP contribution is -2.24. The Balaban J connectivity index is 0.000000195. The van der Waals surface area contributed by atoms with E-state index in [9.17, 15) is 19.2 Å². The number of aryl methyl sites for hydroxylation is 8. The lowest BCUT2D eigenvalue weighted by molar-refractivity contribution is 0.0980. The van der Waals surface area contributed by atoms with Crippen LogP contribution in [0.2, 0.25) is 0 Å². The molecule has 80 heavy (non-hydrogen) atoms. The molecule has 8 aromatic rings. The van der Waals surface area contributed by atoms with Crippen LogP contribution in [-0.2, 0) is 25.7 Å². The first kappa shape index (κ1) is 56.4. The second-order valence-corrected chi connectivity index (χ2v) is 22.1. The molecule has 8 heteroatoms. The number of carbonyl (C=O) groups is 4. The van der Waals surface area contributed by atoms with Gasteiger partial charge >= 0.3 is 0 Å². The summed E-state index contributed by atoms with van der Waals surface area (Å²) in [6, 6.07) is 30.8. The highest BCUT2D eigenvalue weighted by molar-refractivity contribution is 6.33. The van der Waals surface area contributed by atoms with Crippen LogP contribution in [0.4, 0.5) is 45.5 Å². The molecular formula is C72H76N4O4. The molecule has 2 aliphatic rings. The number of hydrogen-bond acceptors (Lipinski definition) is 8. The van der Waals surface area contributed by atoms with Crippen molar-refractivity contribution < 1.29 is 19.2 Å². The summed E-state index contributed by atoms with van der Waals surface area (Å²) in [7, 11) is 0. The van der Waals surface area contributed by atoms with Gasteiger partial charge in [-0.05, 0) is 222 Å². The second-order valence-electron chi connectivity index (χ2n) is 22.1. The Morgan fingerprint density at radius 1 is 0.287 bits per heavy atom. The average Bonchev–Trinajstić information content (AvgIpc) is 3.65. The van der Waals surface area contributed by atoms with Gasteiger partial charge < -0.3 is 21.3 Å². The summed E-state index contributed by atoms with van der Waals surface area (Å²) < 4.78 is 0. The first-order valence-corrected chi connectivity index (χ1v) is 28.3. The molecular weight excluding hydrogens is 985 g/mol. The highest BCUT2D eigenvalue weighted by Gasteiger charge is 2.36. The van der Waals surface area contributed by atoms with Crippen LogP contribution in [-0.4, -0.2) is 23.1 Å². The molecule has 0 aliphatic heterocycles. The van der Waals surface area contributed by atoms with Crippen LogP contribution in [0.1, 0.15) is 180 Å². The van der Waals surface area contributed by atoms with Gasteiger partial charge in [-0.2, -0.15) is 0 Å². The molecule has 4 N–H and O–H groups in total. The zero-order valence-electron chi connectivity index (χ0n) is 49.7. The topological polar surface area (TPSA) is 116 Å². The molecule has 0 saturated carbocycles. The van der Waals surface area contributed by atoms with E-state index < -0.39 is 0 Å². The number of nitrogens with one attached hydrogen (secondary N) is 4. The molecule has 10 rings (SSSR count). The molecule has 0 fully saturated rings. The van der Waals surface area contributed by atoms with Crippen LogP contribution in [0.5, 0.6) is 0 Å². The minimum absolute atomic E-state index is 0.127. The van der Waals surface area contributed by atoms with Crippen molar-refractivity contribution in [2.24, 2.45) is 0 Å². The number of hydrogen-bond donors (Lipinski definition) is 4. The van der Waals surface area contributed by atoms with Gasteiger partial charge in [0.1, 0.15) is 0 Å². The van der Waals surface area contributed by atoms with Crippen LogP contribution >= 0.6 is 0 Å². The van der Waals surface area contributed by atoms with Gasteiger partial charge in [0.2, 0.25) is 0 Å². The molecule has 0 saturated heterocycles. The van der Waals surface area contributed by atoms with Gasteiger partial charge in [0.15, 0.2) is 23.1 Å². The molecule has 0 heterocycles. The van der Waals surface area contributed by atoms with Crippen LogP contribution < -0.4 is 21.3 Å². The van der Waals surface area contributed by atoms with Crippen LogP contribution in [0.25, 0.3) is 0 Å². The number of fused-ring (bicyclic) bond motifs is 4. The number of benzene rings is 8. The largest absolute Gasteiger partial charge is 0.354 e. The minimum atomic E-state index is -0.144. The van der Waals surface area contributed by atoms with Crippen LogP contribution in [0, 0.1) is 83.1 Å². The third-order valence-electron chi connectivity index (χ3n) is 17.5. The van der Waals surface area contributed by atoms with E-state index in [1.165, 1.54) is 66.8 Å². The Kier molecular flexibility index (Phi) is 15.8. The van der Waals surface area contributed by atoms with Gasteiger partial charge in [-0.15, -0.1) is 0 Å². The Labute approximate surface area is 473 Å². The molecule has 0 amide bonds. The zero-order chi connectivity index (χ0) is 57.8. The van der Waals surface area contributed by atoms with E-state index in [-0.39, 0.29) is 23.1 Å². The van der Waals surface area contributed by atoms with E-state index in [1.54, 1.807) is 24.3 Å². The van der Waals surface area contributed by atoms with E-state index in [1.807, 2.05) is 48.5 Å². The molecule has 0 bridgehead atoms. The maximum Gasteiger partial charge on any atom is 0.196 e. The fraction of sp³-hybridized carbons (Fsp3) is 0.278. The Morgan fingerprint density at radius 3 is 0.812 bits per heavy atom. The number of rotatable bonds is 12. The number of anilines is 8. The monoisotopic (exact) mass is 1060 g/mol. The number of ketones is 4. The normalized spacial score (nSPS) is 12.3. The Bertz CT molecular complexity index is 3680.